The predicted octanol–water partition coefficient (Wildman–Crippen LogP) is 7.70. The molecule has 0 spiro atoms. The Bertz CT molecular complexity index is 1500. The molecule has 0 radical (unpaired) electrons. The number of halogens is 2. The monoisotopic (exact) mass is 533 g/mol. The van der Waals surface area contributed by atoms with Gasteiger partial charge in [-0.25, -0.2) is 4.79 Å². The summed E-state index contributed by atoms with van der Waals surface area (Å²) in [6.07, 6.45) is 10.1. The normalized spacial score (nSPS) is 16.6. The average Bonchev–Trinajstić information content (AvgIpc) is 3.67. The molecule has 0 bridgehead atoms. The van der Waals surface area contributed by atoms with Crippen LogP contribution in [-0.2, 0) is 0 Å². The maximum atomic E-state index is 11.2. The molecule has 2 aromatic heterocycles. The van der Waals surface area contributed by atoms with Gasteiger partial charge in [0, 0.05) is 47.4 Å². The second kappa shape index (κ2) is 9.84. The van der Waals surface area contributed by atoms with Crippen molar-refractivity contribution in [2.75, 3.05) is 18.0 Å². The highest BCUT2D eigenvalue weighted by molar-refractivity contribution is 6.39. The van der Waals surface area contributed by atoms with Gasteiger partial charge >= 0.3 is 5.97 Å². The van der Waals surface area contributed by atoms with Gasteiger partial charge < -0.3 is 14.5 Å². The van der Waals surface area contributed by atoms with E-state index in [2.05, 4.69) is 27.2 Å². The van der Waals surface area contributed by atoms with E-state index in [1.807, 2.05) is 36.4 Å². The van der Waals surface area contributed by atoms with Crippen molar-refractivity contribution < 1.29 is 14.4 Å². The van der Waals surface area contributed by atoms with Crippen molar-refractivity contribution in [2.45, 2.75) is 31.6 Å². The molecular formula is C29H25Cl2N3O3. The molecule has 1 aliphatic carbocycles. The SMILES string of the molecule is O=C(O)c1cnc2cc(N3CCC(C=Cc4c(-c5c(Cl)cccc5Cl)noc4C4CC4)CC3)ccc2c1. The van der Waals surface area contributed by atoms with Gasteiger partial charge in [-0.2, -0.15) is 0 Å². The van der Waals surface area contributed by atoms with Gasteiger partial charge in [0.25, 0.3) is 0 Å². The molecule has 0 atom stereocenters. The van der Waals surface area contributed by atoms with E-state index in [0.717, 1.165) is 72.3 Å². The minimum absolute atomic E-state index is 0.200. The lowest BCUT2D eigenvalue weighted by atomic mass is 9.94. The highest BCUT2D eigenvalue weighted by Crippen LogP contribution is 2.46. The van der Waals surface area contributed by atoms with Crippen LogP contribution in [0.2, 0.25) is 10.0 Å². The standard InChI is InChI=1S/C29H25Cl2N3O3/c30-23-2-1-3-24(31)26(23)27-22(28(37-33-27)18-5-6-18)9-4-17-10-12-34(13-11-17)21-8-7-19-14-20(29(35)36)16-32-25(19)15-21/h1-4,7-9,14-18H,5-6,10-13H2,(H,35,36). The number of anilines is 1. The van der Waals surface area contributed by atoms with Crippen LogP contribution in [0.25, 0.3) is 28.2 Å². The van der Waals surface area contributed by atoms with Crippen LogP contribution in [0.15, 0.2) is 59.3 Å². The molecule has 1 aliphatic heterocycles. The molecule has 8 heteroatoms. The molecule has 0 unspecified atom stereocenters. The number of hydrogen-bond donors (Lipinski definition) is 1. The fourth-order valence-electron chi connectivity index (χ4n) is 5.02. The minimum atomic E-state index is -0.967. The summed E-state index contributed by atoms with van der Waals surface area (Å²) in [5.74, 6) is 0.808. The molecule has 2 fully saturated rings. The first kappa shape index (κ1) is 24.0. The Kier molecular flexibility index (Phi) is 6.39. The number of fused-ring (bicyclic) bond motifs is 1. The number of benzene rings is 2. The van der Waals surface area contributed by atoms with Crippen LogP contribution in [-0.4, -0.2) is 34.3 Å². The summed E-state index contributed by atoms with van der Waals surface area (Å²) >= 11 is 13.0. The van der Waals surface area contributed by atoms with E-state index in [4.69, 9.17) is 27.7 Å². The summed E-state index contributed by atoms with van der Waals surface area (Å²) in [4.78, 5) is 17.9. The van der Waals surface area contributed by atoms with Crippen molar-refractivity contribution >= 4 is 51.8 Å². The van der Waals surface area contributed by atoms with E-state index in [-0.39, 0.29) is 5.56 Å². The lowest BCUT2D eigenvalue weighted by Gasteiger charge is -2.32. The molecule has 37 heavy (non-hydrogen) atoms. The minimum Gasteiger partial charge on any atom is -0.478 e. The zero-order chi connectivity index (χ0) is 25.5. The van der Waals surface area contributed by atoms with Crippen molar-refractivity contribution in [1.82, 2.24) is 10.1 Å². The largest absolute Gasteiger partial charge is 0.478 e. The Labute approximate surface area is 224 Å². The molecule has 4 aromatic rings. The first-order valence-corrected chi connectivity index (χ1v) is 13.2. The van der Waals surface area contributed by atoms with Gasteiger partial charge in [-0.05, 0) is 61.9 Å². The molecule has 2 aliphatic rings. The quantitative estimate of drug-likeness (QED) is 0.273. The smallest absolute Gasteiger partial charge is 0.337 e. The number of carboxylic acid groups (broad SMARTS) is 1. The number of hydrogen-bond acceptors (Lipinski definition) is 5. The molecular weight excluding hydrogens is 509 g/mol. The van der Waals surface area contributed by atoms with E-state index < -0.39 is 5.97 Å². The maximum Gasteiger partial charge on any atom is 0.337 e. The highest BCUT2D eigenvalue weighted by Gasteiger charge is 2.32. The third kappa shape index (κ3) is 4.83. The Morgan fingerprint density at radius 1 is 1.05 bits per heavy atom. The van der Waals surface area contributed by atoms with E-state index >= 15 is 0 Å². The summed E-state index contributed by atoms with van der Waals surface area (Å²) < 4.78 is 5.79. The van der Waals surface area contributed by atoms with E-state index in [1.165, 1.54) is 6.20 Å². The van der Waals surface area contributed by atoms with Crippen molar-refractivity contribution in [3.63, 3.8) is 0 Å². The van der Waals surface area contributed by atoms with Gasteiger partial charge in [0.05, 0.1) is 21.1 Å². The summed E-state index contributed by atoms with van der Waals surface area (Å²) in [7, 11) is 0. The molecule has 1 saturated carbocycles. The third-order valence-electron chi connectivity index (χ3n) is 7.26. The van der Waals surface area contributed by atoms with Crippen LogP contribution >= 0.6 is 23.2 Å². The second-order valence-corrected chi connectivity index (χ2v) is 10.6. The number of allylic oxidation sites excluding steroid dienone is 1. The van der Waals surface area contributed by atoms with E-state index in [0.29, 0.717) is 27.6 Å². The van der Waals surface area contributed by atoms with Crippen molar-refractivity contribution in [3.05, 3.63) is 81.7 Å². The second-order valence-electron chi connectivity index (χ2n) is 9.77. The number of aromatic carboxylic acids is 1. The maximum absolute atomic E-state index is 11.2. The van der Waals surface area contributed by atoms with Crippen molar-refractivity contribution in [3.8, 4) is 11.3 Å². The molecule has 188 valence electrons. The third-order valence-corrected chi connectivity index (χ3v) is 7.89. The summed E-state index contributed by atoms with van der Waals surface area (Å²) in [5, 5.41) is 15.5. The van der Waals surface area contributed by atoms with Crippen LogP contribution in [0.4, 0.5) is 5.69 Å². The van der Waals surface area contributed by atoms with Crippen LogP contribution in [0.3, 0.4) is 0 Å². The topological polar surface area (TPSA) is 79.5 Å². The number of nitrogens with zero attached hydrogens (tertiary/aromatic N) is 3. The van der Waals surface area contributed by atoms with Crippen LogP contribution < -0.4 is 4.90 Å². The summed E-state index contributed by atoms with van der Waals surface area (Å²) in [5.41, 5.74) is 4.52. The zero-order valence-corrected chi connectivity index (χ0v) is 21.5. The first-order chi connectivity index (χ1) is 18.0. The first-order valence-electron chi connectivity index (χ1n) is 12.5. The van der Waals surface area contributed by atoms with Gasteiger partial charge in [0.2, 0.25) is 0 Å². The lowest BCUT2D eigenvalue weighted by Crippen LogP contribution is -2.33. The van der Waals surface area contributed by atoms with Gasteiger partial charge in [-0.1, -0.05) is 52.6 Å². The Morgan fingerprint density at radius 3 is 2.51 bits per heavy atom. The molecule has 3 heterocycles. The van der Waals surface area contributed by atoms with Crippen LogP contribution in [0.5, 0.6) is 0 Å². The molecule has 6 nitrogen and oxygen atoms in total. The Balaban J connectivity index is 1.18. The predicted molar refractivity (Wildman–Crippen MR) is 147 cm³/mol. The van der Waals surface area contributed by atoms with Crippen molar-refractivity contribution in [2.24, 2.45) is 5.92 Å². The Morgan fingerprint density at radius 2 is 1.81 bits per heavy atom. The molecule has 2 aromatic carbocycles. The lowest BCUT2D eigenvalue weighted by molar-refractivity contribution is 0.0696. The molecule has 1 N–H and O–H groups in total. The number of pyridine rings is 1. The summed E-state index contributed by atoms with van der Waals surface area (Å²) in [6, 6.07) is 13.2. The highest BCUT2D eigenvalue weighted by atomic mass is 35.5. The fourth-order valence-corrected chi connectivity index (χ4v) is 5.60. The van der Waals surface area contributed by atoms with Gasteiger partial charge in [0.15, 0.2) is 0 Å². The number of rotatable bonds is 6. The fraction of sp³-hybridized carbons (Fsp3) is 0.276. The van der Waals surface area contributed by atoms with Gasteiger partial charge in [-0.3, -0.25) is 4.98 Å². The van der Waals surface area contributed by atoms with Gasteiger partial charge in [-0.15, -0.1) is 0 Å². The number of carboxylic acids is 1. The van der Waals surface area contributed by atoms with Crippen molar-refractivity contribution in [1.29, 1.82) is 0 Å². The molecule has 0 amide bonds. The number of carbonyl (C=O) groups is 1. The summed E-state index contributed by atoms with van der Waals surface area (Å²) in [6.45, 7) is 1.85. The molecule has 1 saturated heterocycles. The van der Waals surface area contributed by atoms with Crippen LogP contribution in [0.1, 0.15) is 53.3 Å². The van der Waals surface area contributed by atoms with Crippen LogP contribution in [0, 0.1) is 5.92 Å². The number of piperidine rings is 1. The average molecular weight is 534 g/mol. The van der Waals surface area contributed by atoms with E-state index in [9.17, 15) is 9.90 Å². The zero-order valence-electron chi connectivity index (χ0n) is 20.0. The van der Waals surface area contributed by atoms with Gasteiger partial charge in [0.1, 0.15) is 11.5 Å². The number of aromatic nitrogens is 2. The Hall–Kier alpha value is -3.35. The molecule has 6 rings (SSSR count). The van der Waals surface area contributed by atoms with E-state index in [1.54, 1.807) is 6.07 Å².